The van der Waals surface area contributed by atoms with Crippen LogP contribution in [-0.4, -0.2) is 34.3 Å². The molecule has 1 N–H and O–H groups in total. The summed E-state index contributed by atoms with van der Waals surface area (Å²) in [6.07, 6.45) is 2.50. The van der Waals surface area contributed by atoms with Gasteiger partial charge in [-0.3, -0.25) is 4.68 Å². The Morgan fingerprint density at radius 2 is 1.79 bits per heavy atom. The lowest BCUT2D eigenvalue weighted by Gasteiger charge is -2.34. The third-order valence-corrected chi connectivity index (χ3v) is 7.55. The van der Waals surface area contributed by atoms with Crippen molar-refractivity contribution >= 4 is 17.4 Å². The molecule has 0 radical (unpaired) electrons. The minimum atomic E-state index is -2.62. The van der Waals surface area contributed by atoms with Crippen LogP contribution in [-0.2, 0) is 26.6 Å². The molecular weight excluding hydrogens is 484 g/mol. The normalized spacial score (nSPS) is 14.6. The molecule has 6 rings (SSSR count). The van der Waals surface area contributed by atoms with E-state index < -0.39 is 6.43 Å². The van der Waals surface area contributed by atoms with Crippen LogP contribution in [0.5, 0.6) is 0 Å². The van der Waals surface area contributed by atoms with Crippen LogP contribution in [0.1, 0.15) is 35.1 Å². The Morgan fingerprint density at radius 1 is 0.974 bits per heavy atom. The monoisotopic (exact) mass is 513 g/mol. The van der Waals surface area contributed by atoms with Crippen molar-refractivity contribution < 1.29 is 13.6 Å². The molecule has 0 unspecified atom stereocenters. The Labute approximate surface area is 220 Å². The van der Waals surface area contributed by atoms with Crippen molar-refractivity contribution in [1.82, 2.24) is 20.0 Å². The summed E-state index contributed by atoms with van der Waals surface area (Å²) in [5.74, 6) is 0. The summed E-state index contributed by atoms with van der Waals surface area (Å²) in [6, 6.07) is 17.9. The van der Waals surface area contributed by atoms with E-state index in [0.29, 0.717) is 30.8 Å². The van der Waals surface area contributed by atoms with Crippen molar-refractivity contribution in [3.63, 3.8) is 0 Å². The standard InChI is InChI=1S/C30H29F2N5O/c1-33-30(38)36-17-22-11-21(19-7-4-3-5-8-19)13-28(26(22)18-36)37-10-6-9-20-12-24(23-15-34-35(2)16-23)25(29(31)32)14-27(20)37/h3-5,7-8,11-16,29H,6,9-10,17-18H2,1-2H3,(H,33,38). The number of carbonyl (C=O) groups excluding carboxylic acids is 1. The topological polar surface area (TPSA) is 53.4 Å². The fourth-order valence-corrected chi connectivity index (χ4v) is 5.72. The quantitative estimate of drug-likeness (QED) is 0.342. The number of halogens is 2. The first kappa shape index (κ1) is 24.2. The molecule has 1 aromatic heterocycles. The van der Waals surface area contributed by atoms with Crippen molar-refractivity contribution in [2.45, 2.75) is 32.4 Å². The van der Waals surface area contributed by atoms with Gasteiger partial charge in [0.25, 0.3) is 6.43 Å². The summed E-state index contributed by atoms with van der Waals surface area (Å²) in [4.78, 5) is 16.5. The SMILES string of the molecule is CNC(=O)N1Cc2cc(-c3ccccc3)cc(N3CCCc4cc(-c5cnn(C)c5)c(C(F)F)cc43)c2C1. The molecule has 6 nitrogen and oxygen atoms in total. The first-order chi connectivity index (χ1) is 18.4. The maximum atomic E-state index is 14.4. The number of nitrogens with one attached hydrogen (secondary N) is 1. The van der Waals surface area contributed by atoms with Gasteiger partial charge in [-0.1, -0.05) is 30.3 Å². The van der Waals surface area contributed by atoms with E-state index >= 15 is 0 Å². The van der Waals surface area contributed by atoms with Gasteiger partial charge in [0, 0.05) is 61.4 Å². The highest BCUT2D eigenvalue weighted by atomic mass is 19.3. The zero-order valence-corrected chi connectivity index (χ0v) is 21.4. The van der Waals surface area contributed by atoms with E-state index in [0.717, 1.165) is 52.0 Å². The minimum absolute atomic E-state index is 0.00602. The van der Waals surface area contributed by atoms with Crippen molar-refractivity contribution in [1.29, 1.82) is 0 Å². The van der Waals surface area contributed by atoms with E-state index in [-0.39, 0.29) is 11.6 Å². The number of nitrogens with zero attached hydrogens (tertiary/aromatic N) is 4. The maximum absolute atomic E-state index is 14.4. The van der Waals surface area contributed by atoms with Crippen LogP contribution in [0.15, 0.2) is 67.0 Å². The second kappa shape index (κ2) is 9.59. The number of carbonyl (C=O) groups is 1. The molecule has 0 aliphatic carbocycles. The molecular formula is C30H29F2N5O. The smallest absolute Gasteiger partial charge is 0.317 e. The lowest BCUT2D eigenvalue weighted by Crippen LogP contribution is -2.34. The molecule has 4 aromatic rings. The highest BCUT2D eigenvalue weighted by Gasteiger charge is 2.31. The van der Waals surface area contributed by atoms with Crippen LogP contribution >= 0.6 is 0 Å². The lowest BCUT2D eigenvalue weighted by molar-refractivity contribution is 0.152. The summed E-state index contributed by atoms with van der Waals surface area (Å²) in [5.41, 5.74) is 8.32. The van der Waals surface area contributed by atoms with Gasteiger partial charge in [-0.2, -0.15) is 5.10 Å². The van der Waals surface area contributed by atoms with Gasteiger partial charge in [-0.15, -0.1) is 0 Å². The fraction of sp³-hybridized carbons (Fsp3) is 0.267. The van der Waals surface area contributed by atoms with Crippen LogP contribution in [0, 0.1) is 0 Å². The second-order valence-electron chi connectivity index (χ2n) is 9.94. The summed E-state index contributed by atoms with van der Waals surface area (Å²) in [5, 5.41) is 6.93. The molecule has 38 heavy (non-hydrogen) atoms. The Hall–Kier alpha value is -4.20. The van der Waals surface area contributed by atoms with E-state index in [1.165, 1.54) is 0 Å². The van der Waals surface area contributed by atoms with E-state index in [1.807, 2.05) is 24.3 Å². The third kappa shape index (κ3) is 4.20. The predicted molar refractivity (Wildman–Crippen MR) is 145 cm³/mol. The average molecular weight is 514 g/mol. The number of benzene rings is 3. The minimum Gasteiger partial charge on any atom is -0.341 e. The lowest BCUT2D eigenvalue weighted by atomic mass is 9.91. The first-order valence-corrected chi connectivity index (χ1v) is 12.8. The number of hydrogen-bond acceptors (Lipinski definition) is 3. The summed E-state index contributed by atoms with van der Waals surface area (Å²) >= 11 is 0. The van der Waals surface area contributed by atoms with E-state index in [2.05, 4.69) is 39.6 Å². The predicted octanol–water partition coefficient (Wildman–Crippen LogP) is 6.43. The second-order valence-corrected chi connectivity index (χ2v) is 9.94. The van der Waals surface area contributed by atoms with E-state index in [4.69, 9.17) is 0 Å². The van der Waals surface area contributed by atoms with Crippen LogP contribution in [0.3, 0.4) is 0 Å². The zero-order valence-electron chi connectivity index (χ0n) is 21.4. The number of aromatic nitrogens is 2. The van der Waals surface area contributed by atoms with Gasteiger partial charge < -0.3 is 15.1 Å². The van der Waals surface area contributed by atoms with Crippen molar-refractivity contribution in [3.05, 3.63) is 89.2 Å². The van der Waals surface area contributed by atoms with E-state index in [9.17, 15) is 13.6 Å². The number of aryl methyl sites for hydroxylation is 2. The van der Waals surface area contributed by atoms with Crippen molar-refractivity contribution in [2.75, 3.05) is 18.5 Å². The molecule has 3 aromatic carbocycles. The summed E-state index contributed by atoms with van der Waals surface area (Å²) < 4.78 is 30.4. The van der Waals surface area contributed by atoms with Gasteiger partial charge in [-0.05, 0) is 64.9 Å². The van der Waals surface area contributed by atoms with Gasteiger partial charge >= 0.3 is 6.03 Å². The zero-order chi connectivity index (χ0) is 26.4. The number of anilines is 2. The maximum Gasteiger partial charge on any atom is 0.317 e. The number of amides is 2. The van der Waals surface area contributed by atoms with Gasteiger partial charge in [0.2, 0.25) is 0 Å². The van der Waals surface area contributed by atoms with E-state index in [1.54, 1.807) is 42.1 Å². The molecule has 194 valence electrons. The van der Waals surface area contributed by atoms with Gasteiger partial charge in [0.1, 0.15) is 0 Å². The van der Waals surface area contributed by atoms with Gasteiger partial charge in [0.05, 0.1) is 12.7 Å². The Balaban J connectivity index is 1.51. The third-order valence-electron chi connectivity index (χ3n) is 7.55. The molecule has 0 spiro atoms. The van der Waals surface area contributed by atoms with Crippen LogP contribution in [0.25, 0.3) is 22.3 Å². The molecule has 0 bridgehead atoms. The number of hydrogen-bond donors (Lipinski definition) is 1. The fourth-order valence-electron chi connectivity index (χ4n) is 5.72. The number of alkyl halides is 2. The van der Waals surface area contributed by atoms with Crippen LogP contribution in [0.4, 0.5) is 25.0 Å². The average Bonchev–Trinajstić information content (AvgIpc) is 3.57. The number of rotatable bonds is 4. The van der Waals surface area contributed by atoms with Gasteiger partial charge in [-0.25, -0.2) is 13.6 Å². The van der Waals surface area contributed by atoms with Gasteiger partial charge in [0.15, 0.2) is 0 Å². The molecule has 2 aliphatic rings. The molecule has 3 heterocycles. The number of fused-ring (bicyclic) bond motifs is 2. The Morgan fingerprint density at radius 3 is 2.50 bits per heavy atom. The molecule has 2 aliphatic heterocycles. The first-order valence-electron chi connectivity index (χ1n) is 12.8. The van der Waals surface area contributed by atoms with Crippen molar-refractivity contribution in [3.8, 4) is 22.3 Å². The molecule has 0 saturated carbocycles. The number of urea groups is 1. The Bertz CT molecular complexity index is 1510. The largest absolute Gasteiger partial charge is 0.341 e. The van der Waals surface area contributed by atoms with Crippen LogP contribution < -0.4 is 10.2 Å². The molecule has 0 fully saturated rings. The van der Waals surface area contributed by atoms with Crippen molar-refractivity contribution in [2.24, 2.45) is 7.05 Å². The molecule has 2 amide bonds. The summed E-state index contributed by atoms with van der Waals surface area (Å²) in [7, 11) is 3.42. The molecule has 0 saturated heterocycles. The Kier molecular flexibility index (Phi) is 6.10. The van der Waals surface area contributed by atoms with Crippen LogP contribution in [0.2, 0.25) is 0 Å². The molecule has 8 heteroatoms. The highest BCUT2D eigenvalue weighted by molar-refractivity contribution is 5.83. The summed E-state index contributed by atoms with van der Waals surface area (Å²) in [6.45, 7) is 1.69. The molecule has 0 atom stereocenters. The highest BCUT2D eigenvalue weighted by Crippen LogP contribution is 2.45.